The van der Waals surface area contributed by atoms with Crippen molar-refractivity contribution in [3.63, 3.8) is 0 Å². The van der Waals surface area contributed by atoms with Gasteiger partial charge in [-0.15, -0.1) is 0 Å². The number of hydrogen-bond donors (Lipinski definition) is 1. The second kappa shape index (κ2) is 9.25. The molecule has 158 valence electrons. The lowest BCUT2D eigenvalue weighted by molar-refractivity contribution is 0.215. The van der Waals surface area contributed by atoms with Gasteiger partial charge in [-0.25, -0.2) is 9.64 Å². The predicted octanol–water partition coefficient (Wildman–Crippen LogP) is 6.85. The highest BCUT2D eigenvalue weighted by molar-refractivity contribution is 6.33. The summed E-state index contributed by atoms with van der Waals surface area (Å²) >= 11 is 6.33. The number of pyridine rings is 1. The minimum absolute atomic E-state index is 0.273. The number of aromatic nitrogens is 1. The molecule has 0 saturated heterocycles. The molecular formula is C24H16ClN3O4. The number of rotatable bonds is 5. The fraction of sp³-hybridized carbons (Fsp3) is 0.0417. The van der Waals surface area contributed by atoms with E-state index in [1.54, 1.807) is 66.9 Å². The summed E-state index contributed by atoms with van der Waals surface area (Å²) in [4.78, 5) is 19.9. The number of benzene rings is 3. The Balaban J connectivity index is 1.54. The Labute approximate surface area is 188 Å². The first-order valence-corrected chi connectivity index (χ1v) is 9.80. The predicted molar refractivity (Wildman–Crippen MR) is 122 cm³/mol. The number of nitrogens with one attached hydrogen (secondary N) is 1. The highest BCUT2D eigenvalue weighted by atomic mass is 35.5. The van der Waals surface area contributed by atoms with Crippen LogP contribution in [-0.4, -0.2) is 18.2 Å². The molecule has 1 aromatic heterocycles. The lowest BCUT2D eigenvalue weighted by atomic mass is 10.1. The summed E-state index contributed by atoms with van der Waals surface area (Å²) in [5, 5.41) is 3.53. The molecule has 0 aliphatic heterocycles. The molecule has 1 heterocycles. The second-order valence-corrected chi connectivity index (χ2v) is 6.94. The molecule has 0 bridgehead atoms. The molecule has 0 saturated carbocycles. The van der Waals surface area contributed by atoms with Crippen LogP contribution in [0.5, 0.6) is 23.0 Å². The molecule has 0 aliphatic rings. The Kier molecular flexibility index (Phi) is 6.06. The zero-order valence-corrected chi connectivity index (χ0v) is 17.6. The molecule has 1 N–H and O–H groups in total. The van der Waals surface area contributed by atoms with Crippen molar-refractivity contribution < 1.29 is 19.0 Å². The van der Waals surface area contributed by atoms with Gasteiger partial charge in [-0.2, -0.15) is 0 Å². The maximum atomic E-state index is 12.1. The first-order valence-electron chi connectivity index (χ1n) is 9.43. The maximum Gasteiger partial charge on any atom is 0.417 e. The van der Waals surface area contributed by atoms with Crippen molar-refractivity contribution in [1.82, 2.24) is 4.98 Å². The van der Waals surface area contributed by atoms with Gasteiger partial charge in [0.1, 0.15) is 23.0 Å². The molecule has 0 aliphatic carbocycles. The molecule has 0 unspecified atom stereocenters. The number of nitrogens with zero attached hydrogens (tertiary/aromatic N) is 2. The second-order valence-electron chi connectivity index (χ2n) is 6.53. The number of carbonyl (C=O) groups is 1. The van der Waals surface area contributed by atoms with E-state index >= 15 is 0 Å². The molecule has 0 spiro atoms. The van der Waals surface area contributed by atoms with E-state index in [1.165, 1.54) is 7.11 Å². The summed E-state index contributed by atoms with van der Waals surface area (Å²) in [6.07, 6.45) is 0.943. The number of fused-ring (bicyclic) bond motifs is 1. The van der Waals surface area contributed by atoms with Crippen molar-refractivity contribution in [1.29, 1.82) is 0 Å². The fourth-order valence-corrected chi connectivity index (χ4v) is 3.21. The van der Waals surface area contributed by atoms with Gasteiger partial charge in [-0.05, 0) is 42.5 Å². The van der Waals surface area contributed by atoms with Gasteiger partial charge in [0, 0.05) is 17.6 Å². The first-order chi connectivity index (χ1) is 15.6. The van der Waals surface area contributed by atoms with Gasteiger partial charge < -0.3 is 14.2 Å². The normalized spacial score (nSPS) is 10.3. The van der Waals surface area contributed by atoms with Crippen LogP contribution in [0.25, 0.3) is 15.7 Å². The molecule has 0 fully saturated rings. The number of carbonyl (C=O) groups excluding carboxylic acids is 1. The Bertz CT molecular complexity index is 1340. The molecule has 3 aromatic carbocycles. The molecule has 0 atom stereocenters. The van der Waals surface area contributed by atoms with Crippen LogP contribution in [0.4, 0.5) is 16.2 Å². The van der Waals surface area contributed by atoms with Crippen molar-refractivity contribution in [2.24, 2.45) is 0 Å². The molecular weight excluding hydrogens is 430 g/mol. The Morgan fingerprint density at radius 1 is 1.03 bits per heavy atom. The van der Waals surface area contributed by atoms with E-state index in [0.717, 1.165) is 0 Å². The zero-order chi connectivity index (χ0) is 22.5. The average molecular weight is 446 g/mol. The van der Waals surface area contributed by atoms with E-state index < -0.39 is 6.09 Å². The minimum atomic E-state index is -0.660. The number of methoxy groups -OCH3 is 1. The van der Waals surface area contributed by atoms with E-state index in [-0.39, 0.29) is 5.02 Å². The van der Waals surface area contributed by atoms with Gasteiger partial charge in [0.25, 0.3) is 0 Å². The van der Waals surface area contributed by atoms with Gasteiger partial charge in [0.2, 0.25) is 5.69 Å². The van der Waals surface area contributed by atoms with Crippen molar-refractivity contribution in [2.75, 3.05) is 12.4 Å². The monoisotopic (exact) mass is 445 g/mol. The zero-order valence-electron chi connectivity index (χ0n) is 16.8. The average Bonchev–Trinajstić information content (AvgIpc) is 2.80. The largest absolute Gasteiger partial charge is 0.508 e. The van der Waals surface area contributed by atoms with Crippen molar-refractivity contribution in [3.8, 4) is 23.0 Å². The number of amides is 1. The van der Waals surface area contributed by atoms with Crippen LogP contribution in [0.15, 0.2) is 72.9 Å². The van der Waals surface area contributed by atoms with Gasteiger partial charge in [-0.3, -0.25) is 10.3 Å². The molecule has 0 radical (unpaired) electrons. The lowest BCUT2D eigenvalue weighted by Crippen LogP contribution is -2.16. The first kappa shape index (κ1) is 21.0. The van der Waals surface area contributed by atoms with Crippen LogP contribution >= 0.6 is 11.6 Å². The highest BCUT2D eigenvalue weighted by Gasteiger charge is 2.13. The number of anilines is 1. The number of halogens is 1. The number of para-hydroxylation sites is 1. The summed E-state index contributed by atoms with van der Waals surface area (Å²) in [7, 11) is 1.50. The number of ether oxygens (including phenoxy) is 3. The van der Waals surface area contributed by atoms with Crippen LogP contribution in [0.3, 0.4) is 0 Å². The number of hydrogen-bond acceptors (Lipinski definition) is 5. The van der Waals surface area contributed by atoms with Gasteiger partial charge >= 0.3 is 6.09 Å². The van der Waals surface area contributed by atoms with E-state index in [0.29, 0.717) is 45.3 Å². The van der Waals surface area contributed by atoms with Crippen molar-refractivity contribution >= 4 is 40.0 Å². The van der Waals surface area contributed by atoms with Crippen LogP contribution in [0.2, 0.25) is 5.02 Å². The molecule has 1 amide bonds. The van der Waals surface area contributed by atoms with Crippen molar-refractivity contribution in [3.05, 3.63) is 89.4 Å². The third-order valence-corrected chi connectivity index (χ3v) is 4.79. The molecule has 8 heteroatoms. The minimum Gasteiger partial charge on any atom is -0.508 e. The highest BCUT2D eigenvalue weighted by Crippen LogP contribution is 2.38. The molecule has 4 aromatic rings. The molecule has 7 nitrogen and oxygen atoms in total. The van der Waals surface area contributed by atoms with E-state index in [4.69, 9.17) is 32.4 Å². The van der Waals surface area contributed by atoms with Gasteiger partial charge in [0.15, 0.2) is 0 Å². The Morgan fingerprint density at radius 3 is 2.56 bits per heavy atom. The third-order valence-electron chi connectivity index (χ3n) is 4.48. The summed E-state index contributed by atoms with van der Waals surface area (Å²) in [5.74, 6) is 1.81. The summed E-state index contributed by atoms with van der Waals surface area (Å²) < 4.78 is 16.4. The smallest absolute Gasteiger partial charge is 0.417 e. The Hall–Kier alpha value is -4.28. The van der Waals surface area contributed by atoms with Crippen LogP contribution in [0.1, 0.15) is 0 Å². The SMILES string of the molecule is [C-]#[N+]c1cc2c(Oc3ccc(NC(=O)Oc4ccccc4)c(Cl)c3)ccnc2cc1OC. The van der Waals surface area contributed by atoms with E-state index in [2.05, 4.69) is 15.1 Å². The van der Waals surface area contributed by atoms with Crippen LogP contribution < -0.4 is 19.5 Å². The van der Waals surface area contributed by atoms with Gasteiger partial charge in [0.05, 0.1) is 29.9 Å². The standard InChI is InChI=1S/C24H16ClN3O4/c1-26-21-13-17-20(14-23(21)30-2)27-11-10-22(17)31-16-8-9-19(18(25)12-16)28-24(29)32-15-6-4-3-5-7-15/h3-14H,2H3,(H,28,29). The quantitative estimate of drug-likeness (QED) is 0.340. The van der Waals surface area contributed by atoms with Gasteiger partial charge in [-0.1, -0.05) is 29.8 Å². The topological polar surface area (TPSA) is 74.0 Å². The summed E-state index contributed by atoms with van der Waals surface area (Å²) in [6.45, 7) is 7.35. The Morgan fingerprint density at radius 2 is 1.84 bits per heavy atom. The molecule has 4 rings (SSSR count). The molecule has 32 heavy (non-hydrogen) atoms. The van der Waals surface area contributed by atoms with Crippen LogP contribution in [-0.2, 0) is 0 Å². The summed E-state index contributed by atoms with van der Waals surface area (Å²) in [6, 6.07) is 18.6. The van der Waals surface area contributed by atoms with Crippen molar-refractivity contribution in [2.45, 2.75) is 0 Å². The van der Waals surface area contributed by atoms with E-state index in [1.807, 2.05) is 6.07 Å². The third kappa shape index (κ3) is 4.56. The lowest BCUT2D eigenvalue weighted by Gasteiger charge is -2.12. The maximum absolute atomic E-state index is 12.1. The van der Waals surface area contributed by atoms with Crippen LogP contribution in [0, 0.1) is 6.57 Å². The van der Waals surface area contributed by atoms with E-state index in [9.17, 15) is 4.79 Å². The summed E-state index contributed by atoms with van der Waals surface area (Å²) in [5.41, 5.74) is 1.35. The fourth-order valence-electron chi connectivity index (χ4n) is 3.00.